The van der Waals surface area contributed by atoms with Gasteiger partial charge in [0.15, 0.2) is 0 Å². The number of carbonyl (C=O) groups is 1. The molecule has 0 saturated heterocycles. The summed E-state index contributed by atoms with van der Waals surface area (Å²) in [5.41, 5.74) is 2.29. The Labute approximate surface area is 158 Å². The number of amides is 1. The fourth-order valence-corrected chi connectivity index (χ4v) is 2.69. The number of nitrogens with one attached hydrogen (secondary N) is 1. The number of ether oxygens (including phenoxy) is 1. The number of aryl methyl sites for hydroxylation is 2. The Morgan fingerprint density at radius 1 is 1.11 bits per heavy atom. The van der Waals surface area contributed by atoms with Crippen LogP contribution in [-0.4, -0.2) is 13.0 Å². The molecule has 3 rings (SSSR count). The highest BCUT2D eigenvalue weighted by Gasteiger charge is 2.08. The van der Waals surface area contributed by atoms with Crippen molar-refractivity contribution in [3.8, 4) is 17.1 Å². The van der Waals surface area contributed by atoms with Crippen molar-refractivity contribution in [1.82, 2.24) is 5.32 Å². The van der Waals surface area contributed by atoms with Crippen LogP contribution < -0.4 is 10.1 Å². The molecule has 3 aromatic rings. The van der Waals surface area contributed by atoms with Crippen LogP contribution in [0.3, 0.4) is 0 Å². The van der Waals surface area contributed by atoms with Crippen LogP contribution in [0.5, 0.6) is 5.75 Å². The second-order valence-electron chi connectivity index (χ2n) is 6.35. The van der Waals surface area contributed by atoms with Gasteiger partial charge in [-0.25, -0.2) is 4.39 Å². The lowest BCUT2D eigenvalue weighted by Crippen LogP contribution is -2.23. The second kappa shape index (κ2) is 8.54. The fraction of sp³-hybridized carbons (Fsp3) is 0.227. The molecule has 0 atom stereocenters. The molecule has 0 saturated carbocycles. The number of carbonyl (C=O) groups excluding carboxylic acids is 1. The smallest absolute Gasteiger partial charge is 0.220 e. The molecule has 0 aliphatic carbocycles. The third-order valence-electron chi connectivity index (χ3n) is 4.36. The van der Waals surface area contributed by atoms with Gasteiger partial charge < -0.3 is 14.5 Å². The van der Waals surface area contributed by atoms with E-state index >= 15 is 0 Å². The number of hydrogen-bond acceptors (Lipinski definition) is 3. The average molecular weight is 367 g/mol. The molecule has 1 amide bonds. The van der Waals surface area contributed by atoms with E-state index in [4.69, 9.17) is 9.15 Å². The summed E-state index contributed by atoms with van der Waals surface area (Å²) < 4.78 is 24.5. The van der Waals surface area contributed by atoms with Crippen LogP contribution in [0.1, 0.15) is 23.3 Å². The predicted molar refractivity (Wildman–Crippen MR) is 102 cm³/mol. The summed E-state index contributed by atoms with van der Waals surface area (Å²) >= 11 is 0. The number of methoxy groups -OCH3 is 1. The van der Waals surface area contributed by atoms with Crippen molar-refractivity contribution >= 4 is 5.91 Å². The van der Waals surface area contributed by atoms with E-state index in [1.165, 1.54) is 6.07 Å². The van der Waals surface area contributed by atoms with Gasteiger partial charge in [0.1, 0.15) is 23.1 Å². The van der Waals surface area contributed by atoms with Gasteiger partial charge in [-0.15, -0.1) is 0 Å². The van der Waals surface area contributed by atoms with Crippen LogP contribution in [0.15, 0.2) is 59.0 Å². The van der Waals surface area contributed by atoms with Gasteiger partial charge >= 0.3 is 0 Å². The molecular weight excluding hydrogens is 345 g/mol. The van der Waals surface area contributed by atoms with Gasteiger partial charge in [0.05, 0.1) is 7.11 Å². The van der Waals surface area contributed by atoms with E-state index in [9.17, 15) is 9.18 Å². The first kappa shape index (κ1) is 18.7. The second-order valence-corrected chi connectivity index (χ2v) is 6.35. The van der Waals surface area contributed by atoms with Gasteiger partial charge in [-0.05, 0) is 60.5 Å². The molecule has 140 valence electrons. The highest BCUT2D eigenvalue weighted by Crippen LogP contribution is 2.25. The number of rotatable bonds is 7. The highest BCUT2D eigenvalue weighted by atomic mass is 19.1. The molecule has 27 heavy (non-hydrogen) atoms. The molecule has 0 unspecified atom stereocenters. The van der Waals surface area contributed by atoms with Gasteiger partial charge in [0, 0.05) is 24.9 Å². The molecule has 1 N–H and O–H groups in total. The van der Waals surface area contributed by atoms with Crippen molar-refractivity contribution in [3.63, 3.8) is 0 Å². The standard InChI is InChI=1S/C22H22FNO3/c1-15-3-4-16(13-20(15)23)14-24-22(25)12-10-19-9-11-21(27-19)17-5-7-18(26-2)8-6-17/h3-9,11,13H,10,12,14H2,1-2H3,(H,24,25). The number of halogens is 1. The molecule has 5 heteroatoms. The van der Waals surface area contributed by atoms with Crippen molar-refractivity contribution in [2.24, 2.45) is 0 Å². The molecule has 0 aliphatic rings. The van der Waals surface area contributed by atoms with Crippen LogP contribution in [0, 0.1) is 12.7 Å². The summed E-state index contributed by atoms with van der Waals surface area (Å²) in [4.78, 5) is 12.0. The Hall–Kier alpha value is -3.08. The van der Waals surface area contributed by atoms with Crippen molar-refractivity contribution in [2.75, 3.05) is 7.11 Å². The lowest BCUT2D eigenvalue weighted by molar-refractivity contribution is -0.121. The summed E-state index contributed by atoms with van der Waals surface area (Å²) in [6.07, 6.45) is 0.814. The van der Waals surface area contributed by atoms with Gasteiger partial charge in [-0.3, -0.25) is 4.79 Å². The number of benzene rings is 2. The average Bonchev–Trinajstić information content (AvgIpc) is 3.16. The Kier molecular flexibility index (Phi) is 5.91. The molecule has 0 aliphatic heterocycles. The Morgan fingerprint density at radius 2 is 1.89 bits per heavy atom. The maximum Gasteiger partial charge on any atom is 0.220 e. The third kappa shape index (κ3) is 4.97. The van der Waals surface area contributed by atoms with E-state index < -0.39 is 0 Å². The fourth-order valence-electron chi connectivity index (χ4n) is 2.69. The number of hydrogen-bond donors (Lipinski definition) is 1. The molecule has 1 heterocycles. The van der Waals surface area contributed by atoms with E-state index in [2.05, 4.69) is 5.32 Å². The zero-order valence-corrected chi connectivity index (χ0v) is 15.4. The zero-order chi connectivity index (χ0) is 19.2. The zero-order valence-electron chi connectivity index (χ0n) is 15.4. The maximum atomic E-state index is 13.5. The monoisotopic (exact) mass is 367 g/mol. The van der Waals surface area contributed by atoms with Crippen LogP contribution >= 0.6 is 0 Å². The molecule has 0 bridgehead atoms. The molecule has 0 radical (unpaired) electrons. The summed E-state index contributed by atoms with van der Waals surface area (Å²) in [7, 11) is 1.63. The Balaban J connectivity index is 1.50. The lowest BCUT2D eigenvalue weighted by atomic mass is 10.1. The van der Waals surface area contributed by atoms with E-state index in [0.29, 0.717) is 24.9 Å². The largest absolute Gasteiger partial charge is 0.497 e. The topological polar surface area (TPSA) is 51.5 Å². The maximum absolute atomic E-state index is 13.5. The summed E-state index contributed by atoms with van der Waals surface area (Å²) in [5, 5.41) is 2.81. The summed E-state index contributed by atoms with van der Waals surface area (Å²) in [5.74, 6) is 1.93. The first-order chi connectivity index (χ1) is 13.0. The number of furan rings is 1. The van der Waals surface area contributed by atoms with E-state index in [-0.39, 0.29) is 11.7 Å². The molecule has 0 spiro atoms. The summed E-state index contributed by atoms with van der Waals surface area (Å²) in [6, 6.07) is 16.3. The molecule has 1 aromatic heterocycles. The first-order valence-electron chi connectivity index (χ1n) is 8.80. The third-order valence-corrected chi connectivity index (χ3v) is 4.36. The van der Waals surface area contributed by atoms with E-state index in [1.807, 2.05) is 42.5 Å². The minimum absolute atomic E-state index is 0.0987. The van der Waals surface area contributed by atoms with Crippen LogP contribution in [0.2, 0.25) is 0 Å². The minimum Gasteiger partial charge on any atom is -0.497 e. The Bertz CT molecular complexity index is 916. The van der Waals surface area contributed by atoms with Crippen LogP contribution in [-0.2, 0) is 17.8 Å². The first-order valence-corrected chi connectivity index (χ1v) is 8.80. The highest BCUT2D eigenvalue weighted by molar-refractivity contribution is 5.76. The predicted octanol–water partition coefficient (Wildman–Crippen LogP) is 4.65. The van der Waals surface area contributed by atoms with Gasteiger partial charge in [0.25, 0.3) is 0 Å². The van der Waals surface area contributed by atoms with Crippen molar-refractivity contribution in [1.29, 1.82) is 0 Å². The quantitative estimate of drug-likeness (QED) is 0.661. The normalized spacial score (nSPS) is 10.6. The van der Waals surface area contributed by atoms with E-state index in [1.54, 1.807) is 20.1 Å². The van der Waals surface area contributed by atoms with Crippen molar-refractivity contribution in [3.05, 3.63) is 77.3 Å². The molecule has 4 nitrogen and oxygen atoms in total. The minimum atomic E-state index is -0.261. The van der Waals surface area contributed by atoms with Gasteiger partial charge in [-0.1, -0.05) is 12.1 Å². The Morgan fingerprint density at radius 3 is 2.59 bits per heavy atom. The van der Waals surface area contributed by atoms with Crippen LogP contribution in [0.25, 0.3) is 11.3 Å². The SMILES string of the molecule is COc1ccc(-c2ccc(CCC(=O)NCc3ccc(C)c(F)c3)o2)cc1. The van der Waals surface area contributed by atoms with Gasteiger partial charge in [-0.2, -0.15) is 0 Å². The molecule has 2 aromatic carbocycles. The van der Waals surface area contributed by atoms with Crippen molar-refractivity contribution < 1.29 is 18.3 Å². The molecule has 0 fully saturated rings. The van der Waals surface area contributed by atoms with Gasteiger partial charge in [0.2, 0.25) is 5.91 Å². The summed E-state index contributed by atoms with van der Waals surface area (Å²) in [6.45, 7) is 2.02. The molecular formula is C22H22FNO3. The van der Waals surface area contributed by atoms with E-state index in [0.717, 1.165) is 28.4 Å². The van der Waals surface area contributed by atoms with Crippen molar-refractivity contribution in [2.45, 2.75) is 26.3 Å². The lowest BCUT2D eigenvalue weighted by Gasteiger charge is -2.06. The van der Waals surface area contributed by atoms with Crippen LogP contribution in [0.4, 0.5) is 4.39 Å².